The van der Waals surface area contributed by atoms with Gasteiger partial charge in [-0.2, -0.15) is 0 Å². The molecule has 1 aliphatic heterocycles. The summed E-state index contributed by atoms with van der Waals surface area (Å²) >= 11 is 0. The molecule has 0 unspecified atom stereocenters. The highest BCUT2D eigenvalue weighted by atomic mass is 16.7. The van der Waals surface area contributed by atoms with Gasteiger partial charge in [-0.25, -0.2) is 0 Å². The monoisotopic (exact) mass is 330 g/mol. The Bertz CT molecular complexity index is 815. The first-order valence-electron chi connectivity index (χ1n) is 7.57. The Hall–Kier alpha value is -2.80. The number of nitrogens with one attached hydrogen (secondary N) is 1. The maximum absolute atomic E-state index is 12.0. The van der Waals surface area contributed by atoms with E-state index in [1.807, 2.05) is 0 Å². The molecule has 7 heteroatoms. The number of ether oxygens (including phenoxy) is 2. The zero-order valence-corrected chi connectivity index (χ0v) is 13.2. The van der Waals surface area contributed by atoms with Crippen LogP contribution in [0.25, 0.3) is 0 Å². The van der Waals surface area contributed by atoms with E-state index in [9.17, 15) is 14.7 Å². The third-order valence-corrected chi connectivity index (χ3v) is 3.85. The van der Waals surface area contributed by atoms with Crippen molar-refractivity contribution in [1.29, 1.82) is 0 Å². The molecule has 1 atom stereocenters. The molecule has 2 aromatic rings. The second kappa shape index (κ2) is 6.76. The van der Waals surface area contributed by atoms with E-state index in [2.05, 4.69) is 5.32 Å². The van der Waals surface area contributed by atoms with Crippen molar-refractivity contribution in [2.45, 2.75) is 12.5 Å². The smallest absolute Gasteiger partial charge is 0.263 e. The summed E-state index contributed by atoms with van der Waals surface area (Å²) < 4.78 is 11.8. The summed E-state index contributed by atoms with van der Waals surface area (Å²) in [5.41, 5.74) is 0.410. The topological polar surface area (TPSA) is 89.8 Å². The van der Waals surface area contributed by atoms with Crippen molar-refractivity contribution in [3.63, 3.8) is 0 Å². The highest BCUT2D eigenvalue weighted by Crippen LogP contribution is 2.34. The van der Waals surface area contributed by atoms with Crippen molar-refractivity contribution in [1.82, 2.24) is 9.88 Å². The van der Waals surface area contributed by atoms with E-state index in [0.29, 0.717) is 23.5 Å². The van der Waals surface area contributed by atoms with Crippen LogP contribution in [0.3, 0.4) is 0 Å². The van der Waals surface area contributed by atoms with Gasteiger partial charge in [0.15, 0.2) is 11.5 Å². The van der Waals surface area contributed by atoms with Crippen LogP contribution in [-0.4, -0.2) is 28.9 Å². The first-order valence-corrected chi connectivity index (χ1v) is 7.57. The molecule has 24 heavy (non-hydrogen) atoms. The van der Waals surface area contributed by atoms with E-state index in [-0.39, 0.29) is 24.5 Å². The second-order valence-electron chi connectivity index (χ2n) is 5.51. The SMILES string of the molecule is Cn1cccc(C(=O)NCC[C@H](O)c2ccc3c(c2)OCO3)c1=O. The predicted molar refractivity (Wildman–Crippen MR) is 86.2 cm³/mol. The van der Waals surface area contributed by atoms with Crippen LogP contribution in [-0.2, 0) is 7.05 Å². The number of aliphatic hydroxyl groups is 1. The number of aromatic nitrogens is 1. The zero-order chi connectivity index (χ0) is 17.1. The number of fused-ring (bicyclic) bond motifs is 1. The average molecular weight is 330 g/mol. The van der Waals surface area contributed by atoms with Crippen molar-refractivity contribution >= 4 is 5.91 Å². The minimum Gasteiger partial charge on any atom is -0.454 e. The van der Waals surface area contributed by atoms with Crippen LogP contribution >= 0.6 is 0 Å². The Morgan fingerprint density at radius 1 is 1.33 bits per heavy atom. The van der Waals surface area contributed by atoms with Gasteiger partial charge in [0.25, 0.3) is 11.5 Å². The van der Waals surface area contributed by atoms with Crippen molar-refractivity contribution < 1.29 is 19.4 Å². The van der Waals surface area contributed by atoms with E-state index in [1.165, 1.54) is 10.6 Å². The summed E-state index contributed by atoms with van der Waals surface area (Å²) in [4.78, 5) is 23.9. The lowest BCUT2D eigenvalue weighted by Crippen LogP contribution is -2.32. The summed E-state index contributed by atoms with van der Waals surface area (Å²) in [6, 6.07) is 8.34. The average Bonchev–Trinajstić information content (AvgIpc) is 3.04. The van der Waals surface area contributed by atoms with Gasteiger partial charge < -0.3 is 24.5 Å². The Labute approximate surface area is 138 Å². The number of aliphatic hydroxyl groups excluding tert-OH is 1. The van der Waals surface area contributed by atoms with E-state index in [4.69, 9.17) is 9.47 Å². The number of benzene rings is 1. The molecule has 3 rings (SSSR count). The van der Waals surface area contributed by atoms with Gasteiger partial charge in [-0.3, -0.25) is 9.59 Å². The van der Waals surface area contributed by atoms with E-state index in [1.54, 1.807) is 37.5 Å². The quantitative estimate of drug-likeness (QED) is 0.852. The molecule has 0 saturated carbocycles. The lowest BCUT2D eigenvalue weighted by molar-refractivity contribution is 0.0940. The van der Waals surface area contributed by atoms with Crippen molar-refractivity contribution in [3.05, 3.63) is 58.0 Å². The van der Waals surface area contributed by atoms with Gasteiger partial charge in [0, 0.05) is 19.8 Å². The third-order valence-electron chi connectivity index (χ3n) is 3.85. The number of hydrogen-bond acceptors (Lipinski definition) is 5. The fourth-order valence-corrected chi connectivity index (χ4v) is 2.47. The normalized spacial score (nSPS) is 13.6. The lowest BCUT2D eigenvalue weighted by atomic mass is 10.1. The fourth-order valence-electron chi connectivity index (χ4n) is 2.47. The van der Waals surface area contributed by atoms with Gasteiger partial charge in [-0.1, -0.05) is 6.07 Å². The van der Waals surface area contributed by atoms with E-state index >= 15 is 0 Å². The Balaban J connectivity index is 1.57. The largest absolute Gasteiger partial charge is 0.454 e. The van der Waals surface area contributed by atoms with Crippen LogP contribution in [0, 0.1) is 0 Å². The predicted octanol–water partition coefficient (Wildman–Crippen LogP) is 0.967. The van der Waals surface area contributed by atoms with Gasteiger partial charge in [0.2, 0.25) is 6.79 Å². The molecule has 2 N–H and O–H groups in total. The maximum atomic E-state index is 12.0. The Morgan fingerprint density at radius 2 is 2.12 bits per heavy atom. The van der Waals surface area contributed by atoms with Crippen LogP contribution in [0.2, 0.25) is 0 Å². The summed E-state index contributed by atoms with van der Waals surface area (Å²) in [5.74, 6) is 0.802. The Morgan fingerprint density at radius 3 is 2.96 bits per heavy atom. The maximum Gasteiger partial charge on any atom is 0.263 e. The molecule has 0 spiro atoms. The van der Waals surface area contributed by atoms with Crippen molar-refractivity contribution in [3.8, 4) is 11.5 Å². The molecule has 0 radical (unpaired) electrons. The molecule has 0 aliphatic carbocycles. The summed E-state index contributed by atoms with van der Waals surface area (Å²) in [5, 5.41) is 12.9. The van der Waals surface area contributed by atoms with Crippen LogP contribution in [0.5, 0.6) is 11.5 Å². The van der Waals surface area contributed by atoms with Gasteiger partial charge in [0.1, 0.15) is 5.56 Å². The minimum atomic E-state index is -0.751. The third kappa shape index (κ3) is 3.26. The van der Waals surface area contributed by atoms with Crippen molar-refractivity contribution in [2.75, 3.05) is 13.3 Å². The number of aryl methyl sites for hydroxylation is 1. The van der Waals surface area contributed by atoms with Crippen LogP contribution in [0.4, 0.5) is 0 Å². The highest BCUT2D eigenvalue weighted by molar-refractivity contribution is 5.93. The molecule has 126 valence electrons. The van der Waals surface area contributed by atoms with Crippen molar-refractivity contribution in [2.24, 2.45) is 7.05 Å². The van der Waals surface area contributed by atoms with Crippen LogP contribution < -0.4 is 20.3 Å². The van der Waals surface area contributed by atoms with Gasteiger partial charge in [0.05, 0.1) is 6.10 Å². The van der Waals surface area contributed by atoms with Gasteiger partial charge in [-0.15, -0.1) is 0 Å². The first-order chi connectivity index (χ1) is 11.6. The number of pyridine rings is 1. The molecule has 1 aliphatic rings. The van der Waals surface area contributed by atoms with Gasteiger partial charge >= 0.3 is 0 Å². The van der Waals surface area contributed by atoms with Crippen LogP contribution in [0.15, 0.2) is 41.3 Å². The molecule has 7 nitrogen and oxygen atoms in total. The number of amides is 1. The summed E-state index contributed by atoms with van der Waals surface area (Å²) in [6.45, 7) is 0.420. The van der Waals surface area contributed by atoms with E-state index in [0.717, 1.165) is 0 Å². The number of nitrogens with zero attached hydrogens (tertiary/aromatic N) is 1. The highest BCUT2D eigenvalue weighted by Gasteiger charge is 2.17. The van der Waals surface area contributed by atoms with Crippen LogP contribution in [0.1, 0.15) is 28.4 Å². The summed E-state index contributed by atoms with van der Waals surface area (Å²) in [6.07, 6.45) is 1.15. The molecule has 1 amide bonds. The number of carbonyl (C=O) groups is 1. The van der Waals surface area contributed by atoms with Gasteiger partial charge in [-0.05, 0) is 36.2 Å². The van der Waals surface area contributed by atoms with E-state index < -0.39 is 12.0 Å². The minimum absolute atomic E-state index is 0.0811. The molecule has 0 bridgehead atoms. The molecule has 1 aromatic carbocycles. The molecule has 2 heterocycles. The lowest BCUT2D eigenvalue weighted by Gasteiger charge is -2.12. The molecule has 1 aromatic heterocycles. The standard InChI is InChI=1S/C17H18N2O5/c1-19-8-2-3-12(17(19)22)16(21)18-7-6-13(20)11-4-5-14-15(9-11)24-10-23-14/h2-5,8-9,13,20H,6-7,10H2,1H3,(H,18,21)/t13-/m0/s1. The Kier molecular flexibility index (Phi) is 4.52. The molecular weight excluding hydrogens is 312 g/mol. The molecule has 0 fully saturated rings. The molecule has 0 saturated heterocycles. The summed E-state index contributed by atoms with van der Waals surface area (Å²) in [7, 11) is 1.59. The number of carbonyl (C=O) groups excluding carboxylic acids is 1. The number of hydrogen-bond donors (Lipinski definition) is 2. The first kappa shape index (κ1) is 16.1. The number of rotatable bonds is 5. The zero-order valence-electron chi connectivity index (χ0n) is 13.2. The molecular formula is C17H18N2O5. The second-order valence-corrected chi connectivity index (χ2v) is 5.51. The fraction of sp³-hybridized carbons (Fsp3) is 0.294.